The van der Waals surface area contributed by atoms with E-state index in [0.29, 0.717) is 6.04 Å². The third-order valence-electron chi connectivity index (χ3n) is 3.32. The average Bonchev–Trinajstić information content (AvgIpc) is 3.07. The molecule has 3 heteroatoms. The summed E-state index contributed by atoms with van der Waals surface area (Å²) >= 11 is 1.81. The van der Waals surface area contributed by atoms with Crippen molar-refractivity contribution in [3.05, 3.63) is 59.4 Å². The molecule has 0 aliphatic carbocycles. The molecule has 98 valence electrons. The minimum atomic E-state index is 0.312. The zero-order chi connectivity index (χ0) is 13.1. The summed E-state index contributed by atoms with van der Waals surface area (Å²) in [5, 5.41) is 7.18. The van der Waals surface area contributed by atoms with E-state index in [1.165, 1.54) is 15.6 Å². The molecule has 0 saturated carbocycles. The van der Waals surface area contributed by atoms with E-state index in [0.717, 1.165) is 18.7 Å². The molecule has 2 nitrogen and oxygen atoms in total. The number of hydrogen-bond acceptors (Lipinski definition) is 3. The van der Waals surface area contributed by atoms with Crippen LogP contribution in [-0.2, 0) is 6.42 Å². The van der Waals surface area contributed by atoms with Crippen LogP contribution in [0, 0.1) is 0 Å². The Kier molecular flexibility index (Phi) is 3.67. The van der Waals surface area contributed by atoms with Crippen molar-refractivity contribution in [3.8, 4) is 0 Å². The molecule has 2 aromatic heterocycles. The molecule has 0 amide bonds. The Bertz CT molecular complexity index is 642. The summed E-state index contributed by atoms with van der Waals surface area (Å²) < 4.78 is 6.83. The highest BCUT2D eigenvalue weighted by Gasteiger charge is 2.16. The molecule has 19 heavy (non-hydrogen) atoms. The number of fused-ring (bicyclic) bond motifs is 1. The number of hydrogen-bond donors (Lipinski definition) is 1. The van der Waals surface area contributed by atoms with Gasteiger partial charge >= 0.3 is 0 Å². The average molecular weight is 271 g/mol. The summed E-state index contributed by atoms with van der Waals surface area (Å²) in [6.07, 6.45) is 2.63. The van der Waals surface area contributed by atoms with Crippen LogP contribution in [0.5, 0.6) is 0 Å². The van der Waals surface area contributed by atoms with Gasteiger partial charge in [0.1, 0.15) is 5.76 Å². The Balaban J connectivity index is 1.95. The van der Waals surface area contributed by atoms with E-state index in [9.17, 15) is 0 Å². The van der Waals surface area contributed by atoms with Crippen molar-refractivity contribution in [1.29, 1.82) is 0 Å². The summed E-state index contributed by atoms with van der Waals surface area (Å²) in [6.45, 7) is 3.10. The molecule has 0 aliphatic heterocycles. The van der Waals surface area contributed by atoms with Crippen LogP contribution in [0.2, 0.25) is 0 Å². The van der Waals surface area contributed by atoms with Crippen molar-refractivity contribution in [1.82, 2.24) is 5.32 Å². The molecule has 0 radical (unpaired) electrons. The number of rotatable bonds is 5. The summed E-state index contributed by atoms with van der Waals surface area (Å²) in [6, 6.07) is 12.9. The minimum absolute atomic E-state index is 0.312. The molecule has 2 heterocycles. The van der Waals surface area contributed by atoms with Crippen LogP contribution in [0.25, 0.3) is 10.1 Å². The van der Waals surface area contributed by atoms with Gasteiger partial charge in [0.05, 0.1) is 6.26 Å². The summed E-state index contributed by atoms with van der Waals surface area (Å²) in [7, 11) is 0. The van der Waals surface area contributed by atoms with Crippen LogP contribution in [0.1, 0.15) is 24.3 Å². The maximum atomic E-state index is 5.48. The van der Waals surface area contributed by atoms with Gasteiger partial charge in [-0.3, -0.25) is 0 Å². The fourth-order valence-electron chi connectivity index (χ4n) is 2.44. The maximum Gasteiger partial charge on any atom is 0.105 e. The van der Waals surface area contributed by atoms with E-state index in [2.05, 4.69) is 41.9 Å². The number of benzene rings is 1. The van der Waals surface area contributed by atoms with Crippen molar-refractivity contribution in [2.45, 2.75) is 19.4 Å². The summed E-state index contributed by atoms with van der Waals surface area (Å²) in [4.78, 5) is 0. The molecule has 0 aliphatic rings. The molecule has 1 N–H and O–H groups in total. The van der Waals surface area contributed by atoms with Gasteiger partial charge < -0.3 is 9.73 Å². The zero-order valence-electron chi connectivity index (χ0n) is 10.9. The third kappa shape index (κ3) is 2.57. The standard InChI is InChI=1S/C16H17NOS/c1-2-17-15(10-12-6-5-9-18-12)14-11-19-16-8-4-3-7-13(14)16/h3-9,11,15,17H,2,10H2,1H3. The maximum absolute atomic E-state index is 5.48. The second kappa shape index (κ2) is 5.59. The van der Waals surface area contributed by atoms with Gasteiger partial charge in [-0.2, -0.15) is 0 Å². The molecule has 1 aromatic carbocycles. The quantitative estimate of drug-likeness (QED) is 0.744. The topological polar surface area (TPSA) is 25.2 Å². The SMILES string of the molecule is CCNC(Cc1ccco1)c1csc2ccccc12. The fraction of sp³-hybridized carbons (Fsp3) is 0.250. The van der Waals surface area contributed by atoms with Gasteiger partial charge in [-0.05, 0) is 41.1 Å². The van der Waals surface area contributed by atoms with Crippen molar-refractivity contribution in [3.63, 3.8) is 0 Å². The van der Waals surface area contributed by atoms with Crippen LogP contribution >= 0.6 is 11.3 Å². The monoisotopic (exact) mass is 271 g/mol. The second-order valence-corrected chi connectivity index (χ2v) is 5.49. The lowest BCUT2D eigenvalue weighted by molar-refractivity contribution is 0.457. The first kappa shape index (κ1) is 12.5. The molecule has 0 saturated heterocycles. The summed E-state index contributed by atoms with van der Waals surface area (Å²) in [5.41, 5.74) is 1.37. The number of furan rings is 1. The highest BCUT2D eigenvalue weighted by Crippen LogP contribution is 2.31. The van der Waals surface area contributed by atoms with Crippen molar-refractivity contribution in [2.24, 2.45) is 0 Å². The van der Waals surface area contributed by atoms with Crippen molar-refractivity contribution < 1.29 is 4.42 Å². The Hall–Kier alpha value is -1.58. The predicted octanol–water partition coefficient (Wildman–Crippen LogP) is 4.39. The lowest BCUT2D eigenvalue weighted by Crippen LogP contribution is -2.22. The smallest absolute Gasteiger partial charge is 0.105 e. The van der Waals surface area contributed by atoms with Crippen LogP contribution in [0.4, 0.5) is 0 Å². The molecule has 0 bridgehead atoms. The van der Waals surface area contributed by atoms with Crippen LogP contribution < -0.4 is 5.32 Å². The third-order valence-corrected chi connectivity index (χ3v) is 4.30. The van der Waals surface area contributed by atoms with Gasteiger partial charge in [0, 0.05) is 17.2 Å². The van der Waals surface area contributed by atoms with Gasteiger partial charge in [0.25, 0.3) is 0 Å². The minimum Gasteiger partial charge on any atom is -0.469 e. The Morgan fingerprint density at radius 2 is 2.11 bits per heavy atom. The first-order chi connectivity index (χ1) is 9.38. The van der Waals surface area contributed by atoms with Crippen molar-refractivity contribution in [2.75, 3.05) is 6.54 Å². The van der Waals surface area contributed by atoms with Crippen LogP contribution in [0.15, 0.2) is 52.5 Å². The van der Waals surface area contributed by atoms with E-state index in [1.807, 2.05) is 23.5 Å². The van der Waals surface area contributed by atoms with Gasteiger partial charge in [-0.1, -0.05) is 25.1 Å². The molecular weight excluding hydrogens is 254 g/mol. The highest BCUT2D eigenvalue weighted by atomic mass is 32.1. The lowest BCUT2D eigenvalue weighted by Gasteiger charge is -2.16. The molecule has 3 aromatic rings. The van der Waals surface area contributed by atoms with Crippen LogP contribution in [0.3, 0.4) is 0 Å². The Morgan fingerprint density at radius 3 is 2.89 bits per heavy atom. The second-order valence-electron chi connectivity index (χ2n) is 4.58. The highest BCUT2D eigenvalue weighted by molar-refractivity contribution is 7.17. The molecule has 0 fully saturated rings. The normalized spacial score (nSPS) is 12.9. The largest absolute Gasteiger partial charge is 0.469 e. The van der Waals surface area contributed by atoms with E-state index in [4.69, 9.17) is 4.42 Å². The van der Waals surface area contributed by atoms with E-state index in [-0.39, 0.29) is 0 Å². The van der Waals surface area contributed by atoms with Gasteiger partial charge in [-0.15, -0.1) is 11.3 Å². The van der Waals surface area contributed by atoms with Crippen LogP contribution in [-0.4, -0.2) is 6.54 Å². The van der Waals surface area contributed by atoms with Crippen molar-refractivity contribution >= 4 is 21.4 Å². The summed E-state index contributed by atoms with van der Waals surface area (Å²) in [5.74, 6) is 1.03. The first-order valence-corrected chi connectivity index (χ1v) is 7.48. The molecular formula is C16H17NOS. The molecule has 1 atom stereocenters. The van der Waals surface area contributed by atoms with E-state index in [1.54, 1.807) is 6.26 Å². The van der Waals surface area contributed by atoms with Gasteiger partial charge in [-0.25, -0.2) is 0 Å². The first-order valence-electron chi connectivity index (χ1n) is 6.60. The molecule has 0 spiro atoms. The number of likely N-dealkylation sites (N-methyl/N-ethyl adjacent to an activating group) is 1. The van der Waals surface area contributed by atoms with E-state index < -0.39 is 0 Å². The Morgan fingerprint density at radius 1 is 1.21 bits per heavy atom. The van der Waals surface area contributed by atoms with Gasteiger partial charge in [0.15, 0.2) is 0 Å². The number of nitrogens with one attached hydrogen (secondary N) is 1. The lowest BCUT2D eigenvalue weighted by atomic mass is 10.0. The fourth-order valence-corrected chi connectivity index (χ4v) is 3.45. The number of thiophene rings is 1. The molecule has 1 unspecified atom stereocenters. The Labute approximate surface area is 117 Å². The zero-order valence-corrected chi connectivity index (χ0v) is 11.7. The van der Waals surface area contributed by atoms with E-state index >= 15 is 0 Å². The molecule has 3 rings (SSSR count). The van der Waals surface area contributed by atoms with Gasteiger partial charge in [0.2, 0.25) is 0 Å². The predicted molar refractivity (Wildman–Crippen MR) is 80.7 cm³/mol.